The zero-order chi connectivity index (χ0) is 24.8. The summed E-state index contributed by atoms with van der Waals surface area (Å²) in [5.41, 5.74) is 4.88. The average molecular weight is 469 g/mol. The molecule has 0 aliphatic carbocycles. The number of nitrogens with one attached hydrogen (secondary N) is 1. The molecule has 0 fully saturated rings. The van der Waals surface area contributed by atoms with Crippen LogP contribution >= 0.6 is 0 Å². The van der Waals surface area contributed by atoms with E-state index in [1.807, 2.05) is 42.5 Å². The van der Waals surface area contributed by atoms with Crippen molar-refractivity contribution in [1.82, 2.24) is 9.88 Å². The third-order valence-electron chi connectivity index (χ3n) is 6.45. The van der Waals surface area contributed by atoms with Crippen molar-refractivity contribution in [3.8, 4) is 11.5 Å². The van der Waals surface area contributed by atoms with E-state index in [-0.39, 0.29) is 11.8 Å². The Morgan fingerprint density at radius 1 is 0.943 bits per heavy atom. The Hall–Kier alpha value is -3.53. The predicted octanol–water partition coefficient (Wildman–Crippen LogP) is 7.31. The Kier molecular flexibility index (Phi) is 7.91. The molecule has 4 heteroatoms. The Morgan fingerprint density at radius 2 is 1.69 bits per heavy atom. The summed E-state index contributed by atoms with van der Waals surface area (Å²) in [6.45, 7) is 10.2. The second-order valence-electron chi connectivity index (χ2n) is 9.48. The molecular weight excluding hydrogens is 432 g/mol. The first-order valence-electron chi connectivity index (χ1n) is 12.7. The van der Waals surface area contributed by atoms with Crippen molar-refractivity contribution >= 4 is 16.8 Å². The molecule has 0 aliphatic rings. The number of nitrogens with zero attached hydrogens (tertiary/aromatic N) is 1. The molecule has 1 atom stereocenters. The number of para-hydroxylation sites is 2. The average Bonchev–Trinajstić information content (AvgIpc) is 3.25. The van der Waals surface area contributed by atoms with Crippen molar-refractivity contribution in [2.45, 2.75) is 53.0 Å². The van der Waals surface area contributed by atoms with E-state index in [2.05, 4.69) is 74.1 Å². The number of carbonyl (C=O) groups excluding carboxylic acids is 1. The van der Waals surface area contributed by atoms with Crippen molar-refractivity contribution in [3.05, 3.63) is 95.7 Å². The summed E-state index contributed by atoms with van der Waals surface area (Å²) >= 11 is 0. The maximum Gasteiger partial charge on any atom is 0.220 e. The summed E-state index contributed by atoms with van der Waals surface area (Å²) in [6.07, 6.45) is 3.61. The van der Waals surface area contributed by atoms with E-state index in [0.29, 0.717) is 18.9 Å². The van der Waals surface area contributed by atoms with Crippen LogP contribution in [-0.4, -0.2) is 17.0 Å². The lowest BCUT2D eigenvalue weighted by atomic mass is 9.87. The second-order valence-corrected chi connectivity index (χ2v) is 9.48. The first kappa shape index (κ1) is 24.6. The fourth-order valence-corrected chi connectivity index (χ4v) is 4.68. The van der Waals surface area contributed by atoms with Crippen LogP contribution in [0.2, 0.25) is 0 Å². The van der Waals surface area contributed by atoms with E-state index in [0.717, 1.165) is 30.0 Å². The SMILES string of the molecule is CCc1cccc2c(C(CC(=O)NCC(C)C)c3cccc(Oc4ccccc4)c3)cn(CC)c12. The number of hydrogen-bond acceptors (Lipinski definition) is 2. The van der Waals surface area contributed by atoms with Gasteiger partial charge >= 0.3 is 0 Å². The minimum Gasteiger partial charge on any atom is -0.457 e. The monoisotopic (exact) mass is 468 g/mol. The quantitative estimate of drug-likeness (QED) is 0.265. The Morgan fingerprint density at radius 3 is 2.40 bits per heavy atom. The van der Waals surface area contributed by atoms with Crippen molar-refractivity contribution in [3.63, 3.8) is 0 Å². The molecule has 1 unspecified atom stereocenters. The number of carbonyl (C=O) groups is 1. The molecule has 3 aromatic carbocycles. The van der Waals surface area contributed by atoms with Gasteiger partial charge in [-0.05, 0) is 60.2 Å². The van der Waals surface area contributed by atoms with Crippen LogP contribution in [0.3, 0.4) is 0 Å². The van der Waals surface area contributed by atoms with Crippen molar-refractivity contribution in [2.24, 2.45) is 5.92 Å². The van der Waals surface area contributed by atoms with Gasteiger partial charge in [-0.15, -0.1) is 0 Å². The largest absolute Gasteiger partial charge is 0.457 e. The highest BCUT2D eigenvalue weighted by atomic mass is 16.5. The number of aromatic nitrogens is 1. The van der Waals surface area contributed by atoms with Gasteiger partial charge in [-0.3, -0.25) is 4.79 Å². The van der Waals surface area contributed by atoms with Crippen LogP contribution in [0.4, 0.5) is 0 Å². The Labute approximate surface area is 208 Å². The third-order valence-corrected chi connectivity index (χ3v) is 6.45. The minimum absolute atomic E-state index is 0.0714. The van der Waals surface area contributed by atoms with E-state index >= 15 is 0 Å². The first-order chi connectivity index (χ1) is 17.0. The van der Waals surface area contributed by atoms with E-state index in [1.165, 1.54) is 22.0 Å². The van der Waals surface area contributed by atoms with Crippen LogP contribution in [0.5, 0.6) is 11.5 Å². The molecule has 4 rings (SSSR count). The van der Waals surface area contributed by atoms with Crippen LogP contribution in [0.25, 0.3) is 10.9 Å². The summed E-state index contributed by atoms with van der Waals surface area (Å²) in [5, 5.41) is 4.35. The highest BCUT2D eigenvalue weighted by molar-refractivity contribution is 5.89. The normalized spacial score (nSPS) is 12.1. The van der Waals surface area contributed by atoms with Gasteiger partial charge in [-0.2, -0.15) is 0 Å². The number of ether oxygens (including phenoxy) is 1. The van der Waals surface area contributed by atoms with Crippen LogP contribution in [0.15, 0.2) is 79.0 Å². The van der Waals surface area contributed by atoms with Gasteiger partial charge in [0.05, 0.1) is 5.52 Å². The molecule has 0 saturated heterocycles. The smallest absolute Gasteiger partial charge is 0.220 e. The molecule has 35 heavy (non-hydrogen) atoms. The summed E-state index contributed by atoms with van der Waals surface area (Å²) < 4.78 is 8.46. The molecule has 1 aromatic heterocycles. The zero-order valence-electron chi connectivity index (χ0n) is 21.3. The lowest BCUT2D eigenvalue weighted by Gasteiger charge is -2.19. The molecule has 0 saturated carbocycles. The predicted molar refractivity (Wildman–Crippen MR) is 144 cm³/mol. The first-order valence-corrected chi connectivity index (χ1v) is 12.7. The van der Waals surface area contributed by atoms with E-state index < -0.39 is 0 Å². The minimum atomic E-state index is -0.0797. The molecule has 0 aliphatic heterocycles. The van der Waals surface area contributed by atoms with E-state index in [1.54, 1.807) is 0 Å². The third kappa shape index (κ3) is 5.76. The van der Waals surface area contributed by atoms with E-state index in [4.69, 9.17) is 4.74 Å². The summed E-state index contributed by atoms with van der Waals surface area (Å²) in [4.78, 5) is 13.1. The lowest BCUT2D eigenvalue weighted by Crippen LogP contribution is -2.28. The highest BCUT2D eigenvalue weighted by Crippen LogP contribution is 2.37. The van der Waals surface area contributed by atoms with Crippen LogP contribution in [0.1, 0.15) is 56.7 Å². The maximum atomic E-state index is 13.1. The maximum absolute atomic E-state index is 13.1. The summed E-state index contributed by atoms with van der Waals surface area (Å²) in [5.74, 6) is 1.97. The lowest BCUT2D eigenvalue weighted by molar-refractivity contribution is -0.121. The van der Waals surface area contributed by atoms with Gasteiger partial charge < -0.3 is 14.6 Å². The van der Waals surface area contributed by atoms with Gasteiger partial charge in [0.2, 0.25) is 5.91 Å². The van der Waals surface area contributed by atoms with Gasteiger partial charge in [0.15, 0.2) is 0 Å². The van der Waals surface area contributed by atoms with Crippen molar-refractivity contribution < 1.29 is 9.53 Å². The van der Waals surface area contributed by atoms with Crippen molar-refractivity contribution in [2.75, 3.05) is 6.54 Å². The number of fused-ring (bicyclic) bond motifs is 1. The molecular formula is C31H36N2O2. The van der Waals surface area contributed by atoms with Gasteiger partial charge in [-0.25, -0.2) is 0 Å². The molecule has 4 nitrogen and oxygen atoms in total. The van der Waals surface area contributed by atoms with Gasteiger partial charge in [0.25, 0.3) is 0 Å². The fraction of sp³-hybridized carbons (Fsp3) is 0.323. The van der Waals surface area contributed by atoms with E-state index in [9.17, 15) is 4.79 Å². The Balaban J connectivity index is 1.77. The van der Waals surface area contributed by atoms with Crippen LogP contribution in [-0.2, 0) is 17.8 Å². The molecule has 1 heterocycles. The van der Waals surface area contributed by atoms with Gasteiger partial charge in [-0.1, -0.05) is 69.3 Å². The number of amides is 1. The van der Waals surface area contributed by atoms with Gasteiger partial charge in [0, 0.05) is 37.0 Å². The summed E-state index contributed by atoms with van der Waals surface area (Å²) in [6, 6.07) is 24.5. The topological polar surface area (TPSA) is 43.3 Å². The molecule has 0 radical (unpaired) electrons. The molecule has 182 valence electrons. The number of hydrogen-bond donors (Lipinski definition) is 1. The molecule has 1 amide bonds. The Bertz CT molecular complexity index is 1270. The molecule has 1 N–H and O–H groups in total. The fourth-order valence-electron chi connectivity index (χ4n) is 4.68. The number of rotatable bonds is 10. The second kappa shape index (κ2) is 11.3. The summed E-state index contributed by atoms with van der Waals surface area (Å²) in [7, 11) is 0. The zero-order valence-corrected chi connectivity index (χ0v) is 21.3. The molecule has 0 spiro atoms. The number of benzene rings is 3. The standard InChI is InChI=1S/C31H36N2O2/c1-5-23-12-11-17-27-29(21-33(6-2)31(23)27)28(19-30(34)32-20-22(3)4)24-13-10-16-26(18-24)35-25-14-8-7-9-15-25/h7-18,21-22,28H,5-6,19-20H2,1-4H3,(H,32,34). The van der Waals surface area contributed by atoms with Gasteiger partial charge in [0.1, 0.15) is 11.5 Å². The highest BCUT2D eigenvalue weighted by Gasteiger charge is 2.24. The van der Waals surface area contributed by atoms with Crippen LogP contribution in [0, 0.1) is 5.92 Å². The van der Waals surface area contributed by atoms with Crippen LogP contribution < -0.4 is 10.1 Å². The molecule has 4 aromatic rings. The molecule has 0 bridgehead atoms. The van der Waals surface area contributed by atoms with Crippen molar-refractivity contribution in [1.29, 1.82) is 0 Å². The number of aryl methyl sites for hydroxylation is 2.